The molecule has 0 aliphatic heterocycles. The molecular weight excluding hydrogens is 347 g/mol. The van der Waals surface area contributed by atoms with Crippen molar-refractivity contribution in [3.63, 3.8) is 0 Å². The van der Waals surface area contributed by atoms with Crippen molar-refractivity contribution >= 4 is 39.1 Å². The number of quaternary nitrogens is 1. The Balaban J connectivity index is 2.95. The van der Waals surface area contributed by atoms with Crippen LogP contribution in [0.3, 0.4) is 0 Å². The summed E-state index contributed by atoms with van der Waals surface area (Å²) in [5.74, 6) is -2.79. The highest BCUT2D eigenvalue weighted by Crippen LogP contribution is 2.19. The van der Waals surface area contributed by atoms with Gasteiger partial charge in [0, 0.05) is 6.07 Å². The van der Waals surface area contributed by atoms with Crippen molar-refractivity contribution < 1.29 is 28.8 Å². The second-order valence-electron chi connectivity index (χ2n) is 3.74. The van der Waals surface area contributed by atoms with Crippen molar-refractivity contribution in [2.45, 2.75) is 0 Å². The largest absolute Gasteiger partial charge is 0.488 e. The Kier molecular flexibility index (Phi) is 6.19. The van der Waals surface area contributed by atoms with E-state index in [4.69, 9.17) is 10.1 Å². The molecule has 0 unspecified atom stereocenters. The van der Waals surface area contributed by atoms with E-state index >= 15 is 0 Å². The van der Waals surface area contributed by atoms with Crippen molar-refractivity contribution in [1.82, 2.24) is 0 Å². The molecule has 0 heterocycles. The number of nitrogens with one attached hydrogen (secondary N) is 1. The topological polar surface area (TPSA) is 93.1 Å². The molecule has 0 saturated heterocycles. The second kappa shape index (κ2) is 7.65. The van der Waals surface area contributed by atoms with Gasteiger partial charge in [0.25, 0.3) is 5.78 Å². The maximum atomic E-state index is 13.7. The van der Waals surface area contributed by atoms with Gasteiger partial charge in [-0.2, -0.15) is 4.39 Å². The summed E-state index contributed by atoms with van der Waals surface area (Å²) in [6, 6.07) is 4.66. The molecule has 1 aromatic carbocycles. The summed E-state index contributed by atoms with van der Waals surface area (Å²) in [7, 11) is 2.27. The zero-order valence-corrected chi connectivity index (χ0v) is 12.9. The maximum Gasteiger partial charge on any atom is 0.360 e. The molecule has 0 aliphatic carbocycles. The van der Waals surface area contributed by atoms with Crippen LogP contribution in [-0.2, 0) is 19.1 Å². The van der Waals surface area contributed by atoms with E-state index in [0.717, 1.165) is 7.11 Å². The Morgan fingerprint density at radius 2 is 2.00 bits per heavy atom. The number of benzene rings is 1. The van der Waals surface area contributed by atoms with Crippen LogP contribution in [0.5, 0.6) is 0 Å². The minimum atomic E-state index is -1.07. The Bertz CT molecular complexity index is 616. The van der Waals surface area contributed by atoms with Crippen LogP contribution in [0.1, 0.15) is 0 Å². The Hall–Kier alpha value is -2.06. The van der Waals surface area contributed by atoms with Crippen molar-refractivity contribution in [3.8, 4) is 0 Å². The van der Waals surface area contributed by atoms with Gasteiger partial charge in [-0.25, -0.2) is 4.79 Å². The van der Waals surface area contributed by atoms with Crippen molar-refractivity contribution in [3.05, 3.63) is 40.4 Å². The average Bonchev–Trinajstić information content (AvgIpc) is 2.49. The zero-order valence-electron chi connectivity index (χ0n) is 11.3. The van der Waals surface area contributed by atoms with E-state index in [9.17, 15) is 14.0 Å². The molecule has 0 spiro atoms. The lowest BCUT2D eigenvalue weighted by atomic mass is 10.2. The number of halogens is 2. The molecule has 1 aromatic rings. The maximum absolute atomic E-state index is 13.7. The quantitative estimate of drug-likeness (QED) is 0.198. The van der Waals surface area contributed by atoms with Crippen LogP contribution in [0.25, 0.3) is 0 Å². The van der Waals surface area contributed by atoms with E-state index in [2.05, 4.69) is 20.7 Å². The summed E-state index contributed by atoms with van der Waals surface area (Å²) in [6.07, 6.45) is 1.19. The normalized spacial score (nSPS) is 11.0. The SMILES string of the molecule is COC(=O)C(=N)C(=O)C(=C[NH2+]c1cccc(Br)c1F)OC. The van der Waals surface area contributed by atoms with Crippen LogP contribution in [0.4, 0.5) is 10.1 Å². The fourth-order valence-electron chi connectivity index (χ4n) is 1.37. The Morgan fingerprint density at radius 1 is 1.33 bits per heavy atom. The van der Waals surface area contributed by atoms with Gasteiger partial charge in [-0.1, -0.05) is 6.07 Å². The molecule has 1 rings (SSSR count). The van der Waals surface area contributed by atoms with Gasteiger partial charge in [0.2, 0.25) is 5.76 Å². The Morgan fingerprint density at radius 3 is 2.57 bits per heavy atom. The van der Waals surface area contributed by atoms with E-state index in [1.807, 2.05) is 0 Å². The summed E-state index contributed by atoms with van der Waals surface area (Å²) in [6.45, 7) is 0. The van der Waals surface area contributed by atoms with Crippen molar-refractivity contribution in [2.75, 3.05) is 14.2 Å². The highest BCUT2D eigenvalue weighted by molar-refractivity contribution is 9.10. The number of carbonyl (C=O) groups excluding carboxylic acids is 2. The number of ketones is 1. The number of carbonyl (C=O) groups is 2. The third-order valence-corrected chi connectivity index (χ3v) is 3.07. The van der Waals surface area contributed by atoms with E-state index in [-0.39, 0.29) is 15.9 Å². The van der Waals surface area contributed by atoms with E-state index in [0.29, 0.717) is 0 Å². The first kappa shape index (κ1) is 17.0. The molecule has 8 heteroatoms. The zero-order chi connectivity index (χ0) is 16.0. The highest BCUT2D eigenvalue weighted by Gasteiger charge is 2.25. The predicted octanol–water partition coefficient (Wildman–Crippen LogP) is 1.03. The number of hydrogen-bond acceptors (Lipinski definition) is 5. The monoisotopic (exact) mass is 359 g/mol. The van der Waals surface area contributed by atoms with E-state index in [1.54, 1.807) is 6.07 Å². The standard InChI is InChI=1S/C13H12BrFN2O4/c1-20-9(12(18)11(16)13(19)21-2)6-17-8-5-3-4-7(14)10(8)15/h3-6,16-17H,1-2H3/p+1. The molecule has 0 bridgehead atoms. The molecule has 0 aromatic heterocycles. The Labute approximate surface area is 128 Å². The summed E-state index contributed by atoms with van der Waals surface area (Å²) < 4.78 is 23.1. The second-order valence-corrected chi connectivity index (χ2v) is 4.59. The first-order chi connectivity index (χ1) is 9.92. The molecule has 21 heavy (non-hydrogen) atoms. The lowest BCUT2D eigenvalue weighted by Crippen LogP contribution is -2.72. The number of rotatable bonds is 6. The number of allylic oxidation sites excluding steroid dienone is 1. The highest BCUT2D eigenvalue weighted by atomic mass is 79.9. The van der Waals surface area contributed by atoms with E-state index in [1.165, 1.54) is 30.8 Å². The van der Waals surface area contributed by atoms with Gasteiger partial charge < -0.3 is 9.47 Å². The molecule has 6 nitrogen and oxygen atoms in total. The van der Waals surface area contributed by atoms with Crippen molar-refractivity contribution in [2.24, 2.45) is 0 Å². The van der Waals surface area contributed by atoms with Gasteiger partial charge in [-0.15, -0.1) is 0 Å². The molecule has 3 N–H and O–H groups in total. The number of nitrogens with two attached hydrogens (primary N) is 1. The summed E-state index contributed by atoms with van der Waals surface area (Å²) in [5.41, 5.74) is -0.648. The third-order valence-electron chi connectivity index (χ3n) is 2.46. The number of methoxy groups -OCH3 is 2. The summed E-state index contributed by atoms with van der Waals surface area (Å²) in [4.78, 5) is 22.9. The van der Waals surface area contributed by atoms with Gasteiger partial charge in [0.05, 0.1) is 18.7 Å². The fraction of sp³-hybridized carbons (Fsp3) is 0.154. The van der Waals surface area contributed by atoms with Crippen LogP contribution >= 0.6 is 15.9 Å². The van der Waals surface area contributed by atoms with Gasteiger partial charge in [0.1, 0.15) is 6.20 Å². The van der Waals surface area contributed by atoms with E-state index < -0.39 is 23.3 Å². The predicted molar refractivity (Wildman–Crippen MR) is 75.5 cm³/mol. The molecule has 112 valence electrons. The van der Waals surface area contributed by atoms with Gasteiger partial charge in [-0.05, 0) is 22.0 Å². The van der Waals surface area contributed by atoms with Gasteiger partial charge >= 0.3 is 5.97 Å². The molecule has 0 fully saturated rings. The summed E-state index contributed by atoms with van der Waals surface area (Å²) in [5, 5.41) is 8.66. The number of esters is 1. The minimum Gasteiger partial charge on any atom is -0.488 e. The van der Waals surface area contributed by atoms with Crippen LogP contribution in [0.15, 0.2) is 34.6 Å². The van der Waals surface area contributed by atoms with Crippen LogP contribution in [0, 0.1) is 11.2 Å². The molecular formula is C13H13BrFN2O4+. The number of Topliss-reactive ketones (excluding diaryl/α,β-unsaturated/α-hetero) is 1. The minimum absolute atomic E-state index is 0.219. The number of ether oxygens (including phenoxy) is 2. The average molecular weight is 360 g/mol. The molecule has 0 atom stereocenters. The first-order valence-corrected chi connectivity index (χ1v) is 6.46. The van der Waals surface area contributed by atoms with Gasteiger partial charge in [-0.3, -0.25) is 15.5 Å². The molecule has 0 radical (unpaired) electrons. The van der Waals surface area contributed by atoms with Crippen LogP contribution < -0.4 is 5.32 Å². The lowest BCUT2D eigenvalue weighted by molar-refractivity contribution is -0.500. The summed E-state index contributed by atoms with van der Waals surface area (Å²) >= 11 is 3.04. The molecule has 0 saturated carbocycles. The first-order valence-electron chi connectivity index (χ1n) is 5.67. The third kappa shape index (κ3) is 4.20. The smallest absolute Gasteiger partial charge is 0.360 e. The molecule has 0 amide bonds. The lowest BCUT2D eigenvalue weighted by Gasteiger charge is -2.04. The van der Waals surface area contributed by atoms with Crippen molar-refractivity contribution in [1.29, 1.82) is 5.41 Å². The molecule has 0 aliphatic rings. The number of hydrogen-bond donors (Lipinski definition) is 2. The fourth-order valence-corrected chi connectivity index (χ4v) is 1.75. The van der Waals surface area contributed by atoms with Crippen LogP contribution in [-0.4, -0.2) is 31.7 Å². The van der Waals surface area contributed by atoms with Gasteiger partial charge in [0.15, 0.2) is 17.2 Å². The van der Waals surface area contributed by atoms with Crippen LogP contribution in [0.2, 0.25) is 0 Å².